The van der Waals surface area contributed by atoms with Crippen molar-refractivity contribution >= 4 is 298 Å². The van der Waals surface area contributed by atoms with E-state index in [9.17, 15) is 66.7 Å². The molecule has 53 heteroatoms. The van der Waals surface area contributed by atoms with Gasteiger partial charge in [-0.05, 0) is 179 Å². The summed E-state index contributed by atoms with van der Waals surface area (Å²) in [7, 11) is 6.09. The molecule has 0 fully saturated rings. The average molecular weight is 2540 g/mol. The first-order valence-electron chi connectivity index (χ1n) is 37.4. The number of hydrogen-bond donors (Lipinski definition) is 5. The number of carboxylic acid groups (broad SMARTS) is 1. The highest BCUT2D eigenvalue weighted by molar-refractivity contribution is 9.11. The number of sulfonamides is 4. The molecule has 7 N–H and O–H groups in total. The Morgan fingerprint density at radius 1 is 0.366 bits per heavy atom. The Morgan fingerprint density at radius 3 is 1.00 bits per heavy atom. The summed E-state index contributed by atoms with van der Waals surface area (Å²) in [5, 5.41) is 44.4. The van der Waals surface area contributed by atoms with Crippen LogP contribution in [-0.4, -0.2) is 213 Å². The summed E-state index contributed by atoms with van der Waals surface area (Å²) in [5.74, 6) is 0.693. The molecule has 0 bridgehead atoms. The van der Waals surface area contributed by atoms with Crippen molar-refractivity contribution in [1.82, 2.24) is 17.2 Å². The van der Waals surface area contributed by atoms with Crippen LogP contribution < -0.4 is 44.6 Å². The molecule has 0 atom stereocenters. The topological polar surface area (TPSA) is 443 Å². The van der Waals surface area contributed by atoms with Crippen molar-refractivity contribution in [3.05, 3.63) is 167 Å². The van der Waals surface area contributed by atoms with E-state index in [1.165, 1.54) is 97.9 Å². The Kier molecular flexibility index (Phi) is 48.7. The molecule has 0 saturated carbocycles. The Labute approximate surface area is 873 Å². The quantitative estimate of drug-likeness (QED) is 0.0239. The second kappa shape index (κ2) is 53.3. The number of halogens is 7. The van der Waals surface area contributed by atoms with E-state index in [1.54, 1.807) is 98.0 Å². The van der Waals surface area contributed by atoms with Crippen LogP contribution in [0.2, 0.25) is 0 Å². The van der Waals surface area contributed by atoms with Gasteiger partial charge in [0.15, 0.2) is 81.7 Å². The average Bonchev–Trinajstić information content (AvgIpc) is 1.61. The number of ether oxygens (including phenoxy) is 9. The van der Waals surface area contributed by atoms with Crippen LogP contribution in [0.4, 0.5) is 17.1 Å². The first kappa shape index (κ1) is 123. The minimum absolute atomic E-state index is 0.0264. The molecule has 0 aliphatic rings. The number of aromatic carboxylic acids is 1. The molecule has 11 rings (SSSR count). The minimum Gasteiger partial charge on any atom is -0.505 e. The number of thiophene rings is 9. The van der Waals surface area contributed by atoms with Crippen molar-refractivity contribution in [1.29, 1.82) is 0 Å². The number of nitrogen functional groups attached to an aromatic ring is 2. The van der Waals surface area contributed by atoms with Crippen molar-refractivity contribution in [3.63, 3.8) is 0 Å². The number of anilines is 2. The van der Waals surface area contributed by atoms with E-state index in [4.69, 9.17) is 65.4 Å². The number of nitrogens with zero attached hydrogens (tertiary/aromatic N) is 5. The lowest BCUT2D eigenvalue weighted by molar-refractivity contribution is 0.0593. The summed E-state index contributed by atoms with van der Waals surface area (Å²) >= 11 is 29.7. The molecule has 32 nitrogen and oxygen atoms in total. The fraction of sp³-hybridized carbons (Fsp3) is 0.358. The minimum atomic E-state index is -3.73. The first-order valence-corrected chi connectivity index (χ1v) is 58.2. The SMILES string of the molecule is CN(C(C)(C)C)S(=O)(=O)c1scc(N)c1O.COC(=O)c1scc(Br)c1O.COC(=O)c1scc(Br)c1OC.COc1c(Br)csc1C(=O)O.COc1c(Br)csc1S(=O)(=O)Cl.COc1c(Br)csc1S(=O)(=O)N(C)C(C)(C)C.COc1c(N)csc1S(=O)(=O)N(C)C(C)(C)C.COc1c(N=C(c2ccccc2)c2ccccc2)csc1S(=O)(=O)N(C)C(C)(C)C.COc1cscc1Br. The molecule has 2 aromatic carbocycles. The van der Waals surface area contributed by atoms with Crippen LogP contribution in [0.15, 0.2) is 167 Å². The van der Waals surface area contributed by atoms with Gasteiger partial charge >= 0.3 is 17.9 Å². The summed E-state index contributed by atoms with van der Waals surface area (Å²) in [6.07, 6.45) is 0. The summed E-state index contributed by atoms with van der Waals surface area (Å²) in [4.78, 5) is 38.2. The molecule has 744 valence electrons. The lowest BCUT2D eigenvalue weighted by Gasteiger charge is -2.30. The third-order valence-electron chi connectivity index (χ3n) is 17.3. The number of methoxy groups -OCH3 is 9. The van der Waals surface area contributed by atoms with Gasteiger partial charge in [0.05, 0.1) is 108 Å². The maximum absolute atomic E-state index is 13.2. The van der Waals surface area contributed by atoms with Gasteiger partial charge < -0.3 is 69.4 Å². The highest BCUT2D eigenvalue weighted by atomic mass is 79.9. The molecule has 0 aliphatic heterocycles. The van der Waals surface area contributed by atoms with Gasteiger partial charge in [0.25, 0.3) is 49.1 Å². The number of aromatic hydroxyl groups is 2. The zero-order chi connectivity index (χ0) is 103. The van der Waals surface area contributed by atoms with Crippen LogP contribution in [0.25, 0.3) is 0 Å². The van der Waals surface area contributed by atoms with Crippen molar-refractivity contribution in [3.8, 4) is 51.7 Å². The number of carbonyl (C=O) groups excluding carboxylic acids is 2. The normalized spacial score (nSPS) is 11.6. The second-order valence-corrected chi connectivity index (χ2v) is 54.3. The molecule has 134 heavy (non-hydrogen) atoms. The molecule has 11 aromatic rings. The largest absolute Gasteiger partial charge is 0.505 e. The Hall–Kier alpha value is -5.62. The van der Waals surface area contributed by atoms with Gasteiger partial charge in [-0.15, -0.1) is 102 Å². The van der Waals surface area contributed by atoms with Crippen molar-refractivity contribution in [2.45, 2.75) is 126 Å². The lowest BCUT2D eigenvalue weighted by atomic mass is 10.0. The van der Waals surface area contributed by atoms with Gasteiger partial charge in [-0.3, -0.25) is 0 Å². The third kappa shape index (κ3) is 33.3. The number of rotatable bonds is 22. The zero-order valence-electron chi connectivity index (χ0n) is 76.6. The highest BCUT2D eigenvalue weighted by Crippen LogP contribution is 2.47. The predicted octanol–water partition coefficient (Wildman–Crippen LogP) is 23.0. The summed E-state index contributed by atoms with van der Waals surface area (Å²) in [6, 6.07) is 19.6. The van der Waals surface area contributed by atoms with E-state index >= 15 is 0 Å². The molecule has 0 unspecified atom stereocenters. The lowest BCUT2D eigenvalue weighted by Crippen LogP contribution is -2.42. The molecule has 0 aliphatic carbocycles. The standard InChI is InChI=1S/C23H26N2O3S2.C10H16BrNO3S2.C10H18N2O3S2.C9H16N2O3S2.C7H7BrO3S.2C6H5BrO3S.C5H4BrClO3S2.C5H5BrOS/c1-23(2,3)25(4)30(26,27)22-21(28-5)19(16-29-22)24-20(17-12-8-6-9-13-17)18-14-10-7-11-15-18;2*1-10(2,3)12(4)17(13,14)9-8(15-5)7(11)6-16-9;1-9(2,3)11(4)16(13,14)8-7(12)6(10)5-15-8;1-10-5-4(8)3-12-6(5)7(9)11-2;1-10-4-3(7)2-11-5(4)6(8)9;1-10-6(9)5-4(8)3(7)2-11-5;1-10-4-3(6)2-11-5(4)12(7,8)9;1-7-5-3-8-2-4(5)6/h6-16H,1-5H3;6H,1-5H3;6H,11H2,1-5H3;5,12H,10H2,1-4H3;3H,1-2H3;2H,1H3,(H,8,9);2,8H,1H3;2H,1H3;2-3H,1H3. The number of carbonyl (C=O) groups is 3. The number of esters is 2. The van der Waals surface area contributed by atoms with E-state index < -0.39 is 83.2 Å². The molecule has 0 spiro atoms. The van der Waals surface area contributed by atoms with Crippen LogP contribution in [0.5, 0.6) is 51.7 Å². The first-order chi connectivity index (χ1) is 61.8. The maximum Gasteiger partial charge on any atom is 0.351 e. The zero-order valence-corrected chi connectivity index (χ0v) is 98.3. The highest BCUT2D eigenvalue weighted by Gasteiger charge is 2.39. The van der Waals surface area contributed by atoms with E-state index in [-0.39, 0.29) is 71.2 Å². The van der Waals surface area contributed by atoms with Crippen LogP contribution in [0.3, 0.4) is 0 Å². The molecule has 9 heterocycles. The maximum atomic E-state index is 13.2. The van der Waals surface area contributed by atoms with Gasteiger partial charge in [-0.25, -0.2) is 61.5 Å². The van der Waals surface area contributed by atoms with Crippen LogP contribution in [0.1, 0.15) is 123 Å². The second-order valence-electron chi connectivity index (χ2n) is 30.0. The fourth-order valence-electron chi connectivity index (χ4n) is 9.29. The number of carboxylic acids is 1. The number of nitrogens with two attached hydrogens (primary N) is 2. The van der Waals surface area contributed by atoms with Gasteiger partial charge in [-0.2, -0.15) is 17.2 Å². The summed E-state index contributed by atoms with van der Waals surface area (Å²) < 4.78 is 176. The fourth-order valence-corrected chi connectivity index (χ4v) is 31.0. The van der Waals surface area contributed by atoms with Gasteiger partial charge in [0, 0.05) is 126 Å². The molecular weight excluding hydrogens is 2430 g/mol. The molecule has 0 saturated heterocycles. The monoisotopic (exact) mass is 2530 g/mol. The van der Waals surface area contributed by atoms with Crippen LogP contribution >= 0.6 is 208 Å². The van der Waals surface area contributed by atoms with E-state index in [0.29, 0.717) is 51.4 Å². The Bertz CT molecular complexity index is 6220. The van der Waals surface area contributed by atoms with Gasteiger partial charge in [0.2, 0.25) is 0 Å². The van der Waals surface area contributed by atoms with Crippen LogP contribution in [0, 0.1) is 0 Å². The predicted molar refractivity (Wildman–Crippen MR) is 563 cm³/mol. The Balaban J connectivity index is 0.000000399. The van der Waals surface area contributed by atoms with E-state index in [2.05, 4.69) is 105 Å². The summed E-state index contributed by atoms with van der Waals surface area (Å²) in [5.41, 5.74) is 12.6. The third-order valence-corrected chi connectivity index (χ3v) is 43.8. The van der Waals surface area contributed by atoms with Crippen LogP contribution in [-0.2, 0) is 58.6 Å². The summed E-state index contributed by atoms with van der Waals surface area (Å²) in [6.45, 7) is 21.9. The number of benzene rings is 2. The van der Waals surface area contributed by atoms with E-state index in [1.807, 2.05) is 134 Å². The molecular formula is C81H102Br6ClN7O25S14. The van der Waals surface area contributed by atoms with Crippen molar-refractivity contribution in [2.75, 3.05) is 104 Å². The Morgan fingerprint density at radius 2 is 0.679 bits per heavy atom. The molecule has 0 radical (unpaired) electrons. The van der Waals surface area contributed by atoms with Crippen molar-refractivity contribution in [2.24, 2.45) is 4.99 Å². The van der Waals surface area contributed by atoms with Gasteiger partial charge in [-0.1, -0.05) is 60.7 Å². The van der Waals surface area contributed by atoms with Crippen molar-refractivity contribution < 1.29 is 114 Å². The number of hydrogen-bond acceptors (Lipinski definition) is 36. The smallest absolute Gasteiger partial charge is 0.351 e. The number of aliphatic imine (C=N–C) groups is 1. The molecule has 9 aromatic heterocycles. The van der Waals surface area contributed by atoms with Gasteiger partial charge in [0.1, 0.15) is 11.4 Å². The van der Waals surface area contributed by atoms with E-state index in [0.717, 1.165) is 111 Å². The molecule has 0 amide bonds.